The first kappa shape index (κ1) is 15.8. The zero-order valence-corrected chi connectivity index (χ0v) is 13.7. The number of ether oxygens (including phenoxy) is 2. The van der Waals surface area contributed by atoms with Crippen molar-refractivity contribution in [2.75, 3.05) is 24.6 Å². The summed E-state index contributed by atoms with van der Waals surface area (Å²) in [4.78, 5) is 0. The van der Waals surface area contributed by atoms with Gasteiger partial charge in [-0.25, -0.2) is 8.42 Å². The van der Waals surface area contributed by atoms with Crippen molar-refractivity contribution in [1.29, 1.82) is 0 Å². The highest BCUT2D eigenvalue weighted by Crippen LogP contribution is 2.20. The monoisotopic (exact) mass is 333 g/mol. The van der Waals surface area contributed by atoms with Crippen LogP contribution in [0.25, 0.3) is 0 Å². The van der Waals surface area contributed by atoms with Crippen molar-refractivity contribution >= 4 is 15.7 Å². The van der Waals surface area contributed by atoms with Gasteiger partial charge in [-0.1, -0.05) is 30.3 Å². The molecule has 122 valence electrons. The Morgan fingerprint density at radius 3 is 2.39 bits per heavy atom. The van der Waals surface area contributed by atoms with Crippen molar-refractivity contribution < 1.29 is 17.9 Å². The maximum atomic E-state index is 12.5. The highest BCUT2D eigenvalue weighted by molar-refractivity contribution is 7.92. The number of anilines is 1. The molecular formula is C17H19NO4S. The maximum Gasteiger partial charge on any atom is 0.239 e. The molecule has 1 heterocycles. The molecule has 23 heavy (non-hydrogen) atoms. The largest absolute Gasteiger partial charge is 0.491 e. The molecule has 1 unspecified atom stereocenters. The van der Waals surface area contributed by atoms with Gasteiger partial charge in [-0.3, -0.25) is 4.31 Å². The summed E-state index contributed by atoms with van der Waals surface area (Å²) in [5.41, 5.74) is 1.37. The van der Waals surface area contributed by atoms with Gasteiger partial charge in [-0.15, -0.1) is 0 Å². The minimum atomic E-state index is -3.42. The summed E-state index contributed by atoms with van der Waals surface area (Å²) in [5, 5.41) is 0. The maximum absolute atomic E-state index is 12.5. The average Bonchev–Trinajstić information content (AvgIpc) is 3.38. The third-order valence-electron chi connectivity index (χ3n) is 3.65. The number of hydrogen-bond donors (Lipinski definition) is 0. The third-order valence-corrected chi connectivity index (χ3v) is 5.39. The normalized spacial score (nSPS) is 16.8. The van der Waals surface area contributed by atoms with Crippen LogP contribution in [0.15, 0.2) is 54.6 Å². The van der Waals surface area contributed by atoms with Gasteiger partial charge in [0.15, 0.2) is 0 Å². The van der Waals surface area contributed by atoms with Crippen LogP contribution < -0.4 is 9.04 Å². The molecule has 1 aliphatic rings. The minimum Gasteiger partial charge on any atom is -0.491 e. The van der Waals surface area contributed by atoms with Crippen molar-refractivity contribution in [3.63, 3.8) is 0 Å². The zero-order valence-electron chi connectivity index (χ0n) is 12.9. The second-order valence-electron chi connectivity index (χ2n) is 5.47. The quantitative estimate of drug-likeness (QED) is 0.730. The van der Waals surface area contributed by atoms with Crippen molar-refractivity contribution in [2.24, 2.45) is 0 Å². The van der Waals surface area contributed by atoms with E-state index in [0.717, 1.165) is 17.9 Å². The van der Waals surface area contributed by atoms with E-state index in [0.29, 0.717) is 12.3 Å². The second kappa shape index (κ2) is 6.60. The molecule has 1 atom stereocenters. The molecule has 0 saturated carbocycles. The molecule has 0 bridgehead atoms. The van der Waals surface area contributed by atoms with Crippen LogP contribution in [0.4, 0.5) is 5.69 Å². The number of sulfonamides is 1. The third kappa shape index (κ3) is 4.24. The van der Waals surface area contributed by atoms with Gasteiger partial charge in [0.25, 0.3) is 0 Å². The summed E-state index contributed by atoms with van der Waals surface area (Å²) in [6.07, 6.45) is 0.203. The van der Waals surface area contributed by atoms with Crippen LogP contribution in [0.5, 0.6) is 5.75 Å². The highest BCUT2D eigenvalue weighted by atomic mass is 32.2. The number of benzene rings is 2. The molecule has 1 aliphatic heterocycles. The van der Waals surface area contributed by atoms with Gasteiger partial charge in [-0.2, -0.15) is 0 Å². The van der Waals surface area contributed by atoms with Gasteiger partial charge in [0.2, 0.25) is 10.0 Å². The Morgan fingerprint density at radius 1 is 1.13 bits per heavy atom. The Bertz CT molecular complexity index is 740. The van der Waals surface area contributed by atoms with Gasteiger partial charge in [0.05, 0.1) is 18.0 Å². The lowest BCUT2D eigenvalue weighted by molar-refractivity contribution is 0.263. The Morgan fingerprint density at radius 2 is 1.78 bits per heavy atom. The summed E-state index contributed by atoms with van der Waals surface area (Å²) in [5.74, 6) is 0.669. The van der Waals surface area contributed by atoms with Crippen molar-refractivity contribution in [1.82, 2.24) is 0 Å². The standard InChI is InChI=1S/C17H19NO4S/c1-18(15-5-3-2-4-6-15)23(19,20)13-14-7-9-16(10-8-14)21-11-17-12-22-17/h2-10,17H,11-13H2,1H3. The molecule has 0 amide bonds. The molecule has 0 aromatic heterocycles. The summed E-state index contributed by atoms with van der Waals surface area (Å²) < 4.78 is 36.9. The van der Waals surface area contributed by atoms with Gasteiger partial charge in [0.1, 0.15) is 18.5 Å². The SMILES string of the molecule is CN(c1ccccc1)S(=O)(=O)Cc1ccc(OCC2CO2)cc1. The van der Waals surface area contributed by atoms with E-state index in [2.05, 4.69) is 0 Å². The molecule has 2 aromatic carbocycles. The van der Waals surface area contributed by atoms with Crippen molar-refractivity contribution in [3.8, 4) is 5.75 Å². The first-order chi connectivity index (χ1) is 11.0. The van der Waals surface area contributed by atoms with E-state index in [1.165, 1.54) is 4.31 Å². The molecule has 1 saturated heterocycles. The first-order valence-electron chi connectivity index (χ1n) is 7.39. The van der Waals surface area contributed by atoms with Crippen molar-refractivity contribution in [2.45, 2.75) is 11.9 Å². The molecule has 0 spiro atoms. The van der Waals surface area contributed by atoms with Crippen LogP contribution in [-0.4, -0.2) is 34.8 Å². The number of rotatable bonds is 7. The van der Waals surface area contributed by atoms with E-state index < -0.39 is 10.0 Å². The molecular weight excluding hydrogens is 314 g/mol. The summed E-state index contributed by atoms with van der Waals surface area (Å²) in [7, 11) is -1.86. The fraction of sp³-hybridized carbons (Fsp3) is 0.294. The fourth-order valence-corrected chi connectivity index (χ4v) is 3.39. The topological polar surface area (TPSA) is 59.1 Å². The lowest BCUT2D eigenvalue weighted by atomic mass is 10.2. The van der Waals surface area contributed by atoms with Crippen LogP contribution in [0, 0.1) is 0 Å². The molecule has 1 fully saturated rings. The zero-order chi connectivity index (χ0) is 16.3. The van der Waals surface area contributed by atoms with E-state index in [1.807, 2.05) is 18.2 Å². The van der Waals surface area contributed by atoms with E-state index in [-0.39, 0.29) is 11.9 Å². The minimum absolute atomic E-state index is 0.0512. The van der Waals surface area contributed by atoms with Crippen molar-refractivity contribution in [3.05, 3.63) is 60.2 Å². The predicted molar refractivity (Wildman–Crippen MR) is 89.1 cm³/mol. The lowest BCUT2D eigenvalue weighted by Crippen LogP contribution is -2.27. The Hall–Kier alpha value is -2.05. The average molecular weight is 333 g/mol. The molecule has 0 aliphatic carbocycles. The van der Waals surface area contributed by atoms with Crippen LogP contribution >= 0.6 is 0 Å². The Kier molecular flexibility index (Phi) is 4.54. The number of hydrogen-bond acceptors (Lipinski definition) is 4. The lowest BCUT2D eigenvalue weighted by Gasteiger charge is -2.19. The smallest absolute Gasteiger partial charge is 0.239 e. The van der Waals surface area contributed by atoms with Crippen LogP contribution in [0.2, 0.25) is 0 Å². The molecule has 3 rings (SSSR count). The summed E-state index contributed by atoms with van der Waals surface area (Å²) in [6, 6.07) is 16.2. The van der Waals surface area contributed by atoms with E-state index in [1.54, 1.807) is 43.4 Å². The summed E-state index contributed by atoms with van der Waals surface area (Å²) >= 11 is 0. The first-order valence-corrected chi connectivity index (χ1v) is 9.00. The highest BCUT2D eigenvalue weighted by Gasteiger charge is 2.23. The molecule has 5 nitrogen and oxygen atoms in total. The Balaban J connectivity index is 1.65. The second-order valence-corrected chi connectivity index (χ2v) is 7.47. The summed E-state index contributed by atoms with van der Waals surface area (Å²) in [6.45, 7) is 1.29. The van der Waals surface area contributed by atoms with Crippen LogP contribution in [0.3, 0.4) is 0 Å². The van der Waals surface area contributed by atoms with Crippen LogP contribution in [-0.2, 0) is 20.5 Å². The van der Waals surface area contributed by atoms with Gasteiger partial charge in [-0.05, 0) is 29.8 Å². The molecule has 6 heteroatoms. The van der Waals surface area contributed by atoms with E-state index in [4.69, 9.17) is 9.47 Å². The van der Waals surface area contributed by atoms with Gasteiger partial charge >= 0.3 is 0 Å². The Labute approximate surface area is 136 Å². The van der Waals surface area contributed by atoms with Gasteiger partial charge < -0.3 is 9.47 Å². The molecule has 2 aromatic rings. The number of para-hydroxylation sites is 1. The van der Waals surface area contributed by atoms with Gasteiger partial charge in [0, 0.05) is 7.05 Å². The molecule has 0 radical (unpaired) electrons. The van der Waals surface area contributed by atoms with Crippen LogP contribution in [0.1, 0.15) is 5.56 Å². The fourth-order valence-electron chi connectivity index (χ4n) is 2.14. The predicted octanol–water partition coefficient (Wildman–Crippen LogP) is 2.43. The molecule has 0 N–H and O–H groups in total. The van der Waals surface area contributed by atoms with E-state index in [9.17, 15) is 8.42 Å². The van der Waals surface area contributed by atoms with E-state index >= 15 is 0 Å². The number of nitrogens with zero attached hydrogens (tertiary/aromatic N) is 1. The number of epoxide rings is 1.